The lowest BCUT2D eigenvalue weighted by atomic mass is 9.52. The molecule has 0 radical (unpaired) electrons. The summed E-state index contributed by atoms with van der Waals surface area (Å²) >= 11 is 0. The van der Waals surface area contributed by atoms with Gasteiger partial charge in [-0.05, 0) is 101 Å². The monoisotopic (exact) mass is 554 g/mol. The van der Waals surface area contributed by atoms with Crippen molar-refractivity contribution in [3.8, 4) is 11.3 Å². The van der Waals surface area contributed by atoms with Gasteiger partial charge in [0.15, 0.2) is 5.76 Å². The minimum Gasteiger partial charge on any atom is -0.381 e. The number of ether oxygens (including phenoxy) is 1. The van der Waals surface area contributed by atoms with Crippen LogP contribution < -0.4 is 4.90 Å². The molecule has 0 unspecified atom stereocenters. The Kier molecular flexibility index (Phi) is 6.17. The van der Waals surface area contributed by atoms with E-state index in [1.165, 1.54) is 75.6 Å². The molecule has 6 aliphatic rings. The second-order valence-electron chi connectivity index (χ2n) is 13.9. The Labute approximate surface area is 242 Å². The molecule has 7 nitrogen and oxygen atoms in total. The van der Waals surface area contributed by atoms with Crippen LogP contribution in [0.5, 0.6) is 0 Å². The molecule has 7 heteroatoms. The van der Waals surface area contributed by atoms with Crippen molar-refractivity contribution in [2.75, 3.05) is 24.7 Å². The van der Waals surface area contributed by atoms with Gasteiger partial charge in [-0.3, -0.25) is 9.48 Å². The summed E-state index contributed by atoms with van der Waals surface area (Å²) in [6, 6.07) is 12.9. The van der Waals surface area contributed by atoms with Crippen molar-refractivity contribution in [2.24, 2.45) is 18.4 Å². The van der Waals surface area contributed by atoms with Crippen molar-refractivity contribution in [1.29, 1.82) is 0 Å². The highest BCUT2D eigenvalue weighted by Gasteiger charge is 2.52. The van der Waals surface area contributed by atoms with Crippen molar-refractivity contribution in [2.45, 2.75) is 94.3 Å². The fraction of sp³-hybridized carbons (Fsp3) is 0.618. The maximum absolute atomic E-state index is 14.2. The first-order valence-electron chi connectivity index (χ1n) is 16.0. The van der Waals surface area contributed by atoms with Crippen molar-refractivity contribution in [3.63, 3.8) is 0 Å². The molecule has 0 spiro atoms. The minimum atomic E-state index is 0.0251. The molecule has 6 fully saturated rings. The Morgan fingerprint density at radius 3 is 2.34 bits per heavy atom. The second kappa shape index (κ2) is 9.82. The summed E-state index contributed by atoms with van der Waals surface area (Å²) < 4.78 is 13.6. The van der Waals surface area contributed by atoms with Crippen LogP contribution in [0.1, 0.15) is 106 Å². The maximum Gasteiger partial charge on any atom is 0.230 e. The number of fused-ring (bicyclic) bond motifs is 3. The van der Waals surface area contributed by atoms with Gasteiger partial charge >= 0.3 is 0 Å². The molecule has 0 N–H and O–H groups in total. The number of aromatic nitrogens is 3. The van der Waals surface area contributed by atoms with Crippen LogP contribution >= 0.6 is 0 Å². The van der Waals surface area contributed by atoms with Crippen LogP contribution in [-0.4, -0.2) is 40.6 Å². The molecule has 9 rings (SSSR count). The molecular weight excluding hydrogens is 512 g/mol. The summed E-state index contributed by atoms with van der Waals surface area (Å²) in [4.78, 5) is 16.4. The summed E-state index contributed by atoms with van der Waals surface area (Å²) in [5, 5.41) is 9.26. The van der Waals surface area contributed by atoms with Crippen LogP contribution in [0.3, 0.4) is 0 Å². The molecule has 5 saturated carbocycles. The van der Waals surface area contributed by atoms with Crippen LogP contribution in [0.25, 0.3) is 11.3 Å². The predicted molar refractivity (Wildman–Crippen MR) is 157 cm³/mol. The standard InChI is InChI=1S/C34H42N4O3/c1-37-31(21-28(35-37)23-5-6-23)34-14-11-33(12-15-34,13-16-34)22-38(32(39)25-9-17-40-18-10-25)27-4-2-3-26(19-27)30-20-29(36-41-30)24-7-8-24/h2-4,19-21,23-25H,5-18,22H2,1H3. The van der Waals surface area contributed by atoms with Gasteiger partial charge in [-0.1, -0.05) is 17.3 Å². The summed E-state index contributed by atoms with van der Waals surface area (Å²) in [7, 11) is 2.15. The third kappa shape index (κ3) is 4.74. The van der Waals surface area contributed by atoms with Crippen molar-refractivity contribution in [1.82, 2.24) is 14.9 Å². The number of carbonyl (C=O) groups excluding carboxylic acids is 1. The average Bonchev–Trinajstić information content (AvgIpc) is 3.97. The largest absolute Gasteiger partial charge is 0.381 e. The number of hydrogen-bond donors (Lipinski definition) is 0. The minimum absolute atomic E-state index is 0.0251. The van der Waals surface area contributed by atoms with Gasteiger partial charge in [0.2, 0.25) is 5.91 Å². The first kappa shape index (κ1) is 25.8. The molecule has 216 valence electrons. The van der Waals surface area contributed by atoms with Crippen LogP contribution in [0.15, 0.2) is 40.9 Å². The van der Waals surface area contributed by atoms with Gasteiger partial charge in [0.25, 0.3) is 0 Å². The number of benzene rings is 1. The van der Waals surface area contributed by atoms with E-state index in [0.29, 0.717) is 25.0 Å². The van der Waals surface area contributed by atoms with Crippen LogP contribution in [0.4, 0.5) is 5.69 Å². The third-order valence-electron chi connectivity index (χ3n) is 11.1. The van der Waals surface area contributed by atoms with E-state index in [9.17, 15) is 4.79 Å². The van der Waals surface area contributed by atoms with E-state index in [1.807, 2.05) is 0 Å². The molecule has 1 amide bonds. The van der Waals surface area contributed by atoms with Crippen molar-refractivity contribution >= 4 is 11.6 Å². The first-order valence-corrected chi connectivity index (χ1v) is 16.0. The van der Waals surface area contributed by atoms with Gasteiger partial charge in [0.05, 0.1) is 11.4 Å². The zero-order chi connectivity index (χ0) is 27.6. The maximum atomic E-state index is 14.2. The Morgan fingerprint density at radius 2 is 1.63 bits per heavy atom. The first-order chi connectivity index (χ1) is 20.0. The lowest BCUT2D eigenvalue weighted by Gasteiger charge is -2.54. The summed E-state index contributed by atoms with van der Waals surface area (Å²) in [6.07, 6.45) is 13.7. The Balaban J connectivity index is 1.06. The highest BCUT2D eigenvalue weighted by Crippen LogP contribution is 2.58. The van der Waals surface area contributed by atoms with Gasteiger partial charge in [0, 0.05) is 73.0 Å². The molecule has 1 aromatic carbocycles. The molecule has 2 bridgehead atoms. The zero-order valence-corrected chi connectivity index (χ0v) is 24.3. The normalized spacial score (nSPS) is 28.2. The van der Waals surface area contributed by atoms with E-state index in [-0.39, 0.29) is 22.7 Å². The molecule has 3 heterocycles. The van der Waals surface area contributed by atoms with E-state index in [0.717, 1.165) is 42.1 Å². The van der Waals surface area contributed by atoms with Gasteiger partial charge in [-0.15, -0.1) is 0 Å². The van der Waals surface area contributed by atoms with E-state index in [1.54, 1.807) is 0 Å². The number of hydrogen-bond acceptors (Lipinski definition) is 5. The molecule has 3 aromatic rings. The predicted octanol–water partition coefficient (Wildman–Crippen LogP) is 6.88. The zero-order valence-electron chi connectivity index (χ0n) is 24.3. The van der Waals surface area contributed by atoms with Crippen molar-refractivity contribution < 1.29 is 14.1 Å². The molecular formula is C34H42N4O3. The second-order valence-corrected chi connectivity index (χ2v) is 13.9. The molecule has 41 heavy (non-hydrogen) atoms. The lowest BCUT2D eigenvalue weighted by molar-refractivity contribution is -0.126. The van der Waals surface area contributed by atoms with Crippen molar-refractivity contribution in [3.05, 3.63) is 53.5 Å². The molecule has 5 aliphatic carbocycles. The van der Waals surface area contributed by atoms with Crippen LogP contribution in [-0.2, 0) is 22.0 Å². The summed E-state index contributed by atoms with van der Waals surface area (Å²) in [6.45, 7) is 2.15. The smallest absolute Gasteiger partial charge is 0.230 e. The average molecular weight is 555 g/mol. The number of amides is 1. The van der Waals surface area contributed by atoms with E-state index in [4.69, 9.17) is 14.4 Å². The number of anilines is 1. The molecule has 1 saturated heterocycles. The van der Waals surface area contributed by atoms with E-state index < -0.39 is 0 Å². The number of nitrogens with zero attached hydrogens (tertiary/aromatic N) is 4. The van der Waals surface area contributed by atoms with Gasteiger partial charge in [-0.25, -0.2) is 0 Å². The Bertz CT molecular complexity index is 1420. The van der Waals surface area contributed by atoms with Crippen LogP contribution in [0, 0.1) is 11.3 Å². The molecule has 0 atom stereocenters. The molecule has 2 aromatic heterocycles. The fourth-order valence-electron chi connectivity index (χ4n) is 8.07. The Morgan fingerprint density at radius 1 is 0.927 bits per heavy atom. The third-order valence-corrected chi connectivity index (χ3v) is 11.1. The highest BCUT2D eigenvalue weighted by molar-refractivity contribution is 5.95. The highest BCUT2D eigenvalue weighted by atomic mass is 16.5. The van der Waals surface area contributed by atoms with Gasteiger partial charge in [-0.2, -0.15) is 5.10 Å². The topological polar surface area (TPSA) is 73.4 Å². The lowest BCUT2D eigenvalue weighted by Crippen LogP contribution is -2.52. The molecule has 1 aliphatic heterocycles. The van der Waals surface area contributed by atoms with E-state index in [2.05, 4.69) is 58.2 Å². The summed E-state index contributed by atoms with van der Waals surface area (Å²) in [5.74, 6) is 2.33. The SMILES string of the molecule is Cn1nc(C2CC2)cc1C12CCC(CN(C(=O)C3CCOCC3)c3cccc(-c4cc(C5CC5)no4)c3)(CC1)CC2. The number of aryl methyl sites for hydroxylation is 1. The fourth-order valence-corrected chi connectivity index (χ4v) is 8.07. The van der Waals surface area contributed by atoms with Gasteiger partial charge in [0.1, 0.15) is 0 Å². The Hall–Kier alpha value is -2.93. The number of carbonyl (C=O) groups is 1. The summed E-state index contributed by atoms with van der Waals surface area (Å²) in [5.41, 5.74) is 6.22. The van der Waals surface area contributed by atoms with Crippen LogP contribution in [0.2, 0.25) is 0 Å². The quantitative estimate of drug-likeness (QED) is 0.303. The van der Waals surface area contributed by atoms with E-state index >= 15 is 0 Å². The van der Waals surface area contributed by atoms with Gasteiger partial charge < -0.3 is 14.2 Å². The number of rotatable bonds is 8.